The number of allylic oxidation sites excluding steroid dienone is 4. The third-order valence-corrected chi connectivity index (χ3v) is 8.91. The first-order chi connectivity index (χ1) is 8.96. The second-order valence-corrected chi connectivity index (χ2v) is 11.7. The molecule has 0 spiro atoms. The highest BCUT2D eigenvalue weighted by Gasteiger charge is 2.34. The van der Waals surface area contributed by atoms with Crippen molar-refractivity contribution in [3.63, 3.8) is 0 Å². The van der Waals surface area contributed by atoms with E-state index in [4.69, 9.17) is 0 Å². The zero-order valence-electron chi connectivity index (χ0n) is 13.5. The number of rotatable bonds is 6. The van der Waals surface area contributed by atoms with E-state index in [0.717, 1.165) is 11.8 Å². The predicted molar refractivity (Wildman–Crippen MR) is 87.9 cm³/mol. The van der Waals surface area contributed by atoms with Gasteiger partial charge in [0.2, 0.25) is 0 Å². The summed E-state index contributed by atoms with van der Waals surface area (Å²) < 4.78 is 2.71. The van der Waals surface area contributed by atoms with Gasteiger partial charge in [0.05, 0.1) is 0 Å². The molecule has 0 saturated heterocycles. The van der Waals surface area contributed by atoms with Gasteiger partial charge >= 0.3 is 0 Å². The van der Waals surface area contributed by atoms with E-state index in [1.54, 1.807) is 11.1 Å². The molecule has 3 rings (SSSR count). The average Bonchev–Trinajstić information content (AvgIpc) is 2.27. The van der Waals surface area contributed by atoms with Crippen LogP contribution in [0.2, 0.25) is 19.1 Å². The minimum Gasteiger partial charge on any atom is -0.324 e. The summed E-state index contributed by atoms with van der Waals surface area (Å²) in [5.74, 6) is 1.94. The zero-order valence-corrected chi connectivity index (χ0v) is 14.5. The van der Waals surface area contributed by atoms with Crippen molar-refractivity contribution in [1.82, 2.24) is 4.57 Å². The molecule has 0 radical (unpaired) electrons. The maximum absolute atomic E-state index is 2.71. The van der Waals surface area contributed by atoms with Gasteiger partial charge in [-0.2, -0.15) is 0 Å². The molecule has 0 aromatic rings. The Hall–Kier alpha value is -0.343. The second-order valence-electron chi connectivity index (χ2n) is 7.13. The normalized spacial score (nSPS) is 27.3. The summed E-state index contributed by atoms with van der Waals surface area (Å²) in [7, 11) is -1.25. The van der Waals surface area contributed by atoms with Crippen LogP contribution >= 0.6 is 0 Å². The van der Waals surface area contributed by atoms with Crippen molar-refractivity contribution in [3.05, 3.63) is 23.3 Å². The second kappa shape index (κ2) is 5.97. The molecule has 0 atom stereocenters. The largest absolute Gasteiger partial charge is 0.324 e. The van der Waals surface area contributed by atoms with Crippen LogP contribution in [0, 0.1) is 11.8 Å². The van der Waals surface area contributed by atoms with Gasteiger partial charge < -0.3 is 4.57 Å². The minimum atomic E-state index is -1.25. The summed E-state index contributed by atoms with van der Waals surface area (Å²) in [6.45, 7) is 14.4. The topological polar surface area (TPSA) is 3.24 Å². The van der Waals surface area contributed by atoms with Gasteiger partial charge in [0.15, 0.2) is 0 Å². The monoisotopic (exact) mass is 277 g/mol. The lowest BCUT2D eigenvalue weighted by Crippen LogP contribution is -2.48. The van der Waals surface area contributed by atoms with Gasteiger partial charge in [-0.15, -0.1) is 0 Å². The lowest BCUT2D eigenvalue weighted by molar-refractivity contribution is 0.214. The van der Waals surface area contributed by atoms with Crippen LogP contribution in [0.15, 0.2) is 23.3 Å². The van der Waals surface area contributed by atoms with Crippen molar-refractivity contribution >= 4 is 8.24 Å². The lowest BCUT2D eigenvalue weighted by atomic mass is 9.65. The summed E-state index contributed by atoms with van der Waals surface area (Å²) in [5.41, 5.74) is 3.27. The average molecular weight is 278 g/mol. The van der Waals surface area contributed by atoms with Crippen molar-refractivity contribution < 1.29 is 0 Å². The third-order valence-electron chi connectivity index (χ3n) is 5.14. The molecule has 1 nitrogen and oxygen atoms in total. The van der Waals surface area contributed by atoms with E-state index >= 15 is 0 Å². The van der Waals surface area contributed by atoms with Crippen LogP contribution in [-0.2, 0) is 0 Å². The molecule has 3 aliphatic carbocycles. The summed E-state index contributed by atoms with van der Waals surface area (Å²) >= 11 is 0. The standard InChI is InChI=1S/C17H31NSi/c1-6-18(7-2)19(4,5)13-14(3)10-16-9-8-15-11-17(16)12-15/h9-10,15,17H,6-8,11-13H2,1-5H3/b14-10-. The molecule has 0 amide bonds. The van der Waals surface area contributed by atoms with Crippen molar-refractivity contribution in [2.24, 2.45) is 11.8 Å². The number of hydrogen-bond donors (Lipinski definition) is 0. The van der Waals surface area contributed by atoms with Crippen LogP contribution in [0.3, 0.4) is 0 Å². The summed E-state index contributed by atoms with van der Waals surface area (Å²) in [6.07, 6.45) is 9.31. The molecule has 108 valence electrons. The van der Waals surface area contributed by atoms with Gasteiger partial charge in [-0.3, -0.25) is 0 Å². The quantitative estimate of drug-likeness (QED) is 0.628. The van der Waals surface area contributed by atoms with Crippen LogP contribution in [0.4, 0.5) is 0 Å². The Morgan fingerprint density at radius 3 is 2.42 bits per heavy atom. The van der Waals surface area contributed by atoms with E-state index in [1.165, 1.54) is 38.4 Å². The Balaban J connectivity index is 1.99. The fourth-order valence-corrected chi connectivity index (χ4v) is 7.46. The first kappa shape index (κ1) is 15.1. The van der Waals surface area contributed by atoms with E-state index in [9.17, 15) is 0 Å². The smallest absolute Gasteiger partial charge is 0.126 e. The molecule has 2 bridgehead atoms. The third kappa shape index (κ3) is 3.40. The molecule has 0 aromatic carbocycles. The lowest BCUT2D eigenvalue weighted by Gasteiger charge is -2.41. The molecule has 0 aromatic heterocycles. The first-order valence-electron chi connectivity index (χ1n) is 8.08. The maximum atomic E-state index is 2.71. The highest BCUT2D eigenvalue weighted by molar-refractivity contribution is 6.75. The maximum Gasteiger partial charge on any atom is 0.126 e. The molecule has 1 fully saturated rings. The van der Waals surface area contributed by atoms with Crippen molar-refractivity contribution in [2.75, 3.05) is 13.1 Å². The molecular weight excluding hydrogens is 246 g/mol. The molecule has 0 aliphatic heterocycles. The Morgan fingerprint density at radius 1 is 1.32 bits per heavy atom. The molecule has 2 heteroatoms. The number of fused-ring (bicyclic) bond motifs is 1. The predicted octanol–water partition coefficient (Wildman–Crippen LogP) is 4.84. The molecule has 0 unspecified atom stereocenters. The van der Waals surface area contributed by atoms with Crippen molar-refractivity contribution in [3.8, 4) is 0 Å². The molecule has 3 aliphatic rings. The van der Waals surface area contributed by atoms with Crippen LogP contribution in [-0.4, -0.2) is 25.9 Å². The van der Waals surface area contributed by atoms with E-state index < -0.39 is 8.24 Å². The fraction of sp³-hybridized carbons (Fsp3) is 0.765. The van der Waals surface area contributed by atoms with Gasteiger partial charge in [-0.05, 0) is 62.7 Å². The highest BCUT2D eigenvalue weighted by atomic mass is 28.3. The summed E-state index contributed by atoms with van der Waals surface area (Å²) in [6, 6.07) is 1.32. The zero-order chi connectivity index (χ0) is 14.0. The fourth-order valence-electron chi connectivity index (χ4n) is 4.06. The van der Waals surface area contributed by atoms with Gasteiger partial charge in [0, 0.05) is 0 Å². The van der Waals surface area contributed by atoms with E-state index in [2.05, 4.69) is 50.6 Å². The molecular formula is C17H31NSi. The van der Waals surface area contributed by atoms with Gasteiger partial charge in [-0.25, -0.2) is 0 Å². The first-order valence-corrected chi connectivity index (χ1v) is 11.2. The Kier molecular flexibility index (Phi) is 4.73. The van der Waals surface area contributed by atoms with Crippen molar-refractivity contribution in [1.29, 1.82) is 0 Å². The SMILES string of the molecule is CCN(CC)[Si](C)(C)C/C(C)=C\C1=CCC2CC1C2. The highest BCUT2D eigenvalue weighted by Crippen LogP contribution is 2.46. The Bertz CT molecular complexity index is 371. The molecule has 0 N–H and O–H groups in total. The van der Waals surface area contributed by atoms with E-state index in [-0.39, 0.29) is 0 Å². The summed E-state index contributed by atoms with van der Waals surface area (Å²) in [5, 5.41) is 0. The van der Waals surface area contributed by atoms with Gasteiger partial charge in [0.1, 0.15) is 8.24 Å². The molecule has 19 heavy (non-hydrogen) atoms. The van der Waals surface area contributed by atoms with E-state index in [0.29, 0.717) is 0 Å². The van der Waals surface area contributed by atoms with Gasteiger partial charge in [0.25, 0.3) is 0 Å². The van der Waals surface area contributed by atoms with Crippen LogP contribution in [0.25, 0.3) is 0 Å². The van der Waals surface area contributed by atoms with E-state index in [1.807, 2.05) is 0 Å². The van der Waals surface area contributed by atoms with Crippen LogP contribution in [0.5, 0.6) is 0 Å². The van der Waals surface area contributed by atoms with Gasteiger partial charge in [-0.1, -0.05) is 44.7 Å². The number of hydrogen-bond acceptors (Lipinski definition) is 1. The molecule has 0 heterocycles. The van der Waals surface area contributed by atoms with Crippen LogP contribution in [0.1, 0.15) is 40.0 Å². The Morgan fingerprint density at radius 2 is 1.95 bits per heavy atom. The summed E-state index contributed by atoms with van der Waals surface area (Å²) in [4.78, 5) is 0. The van der Waals surface area contributed by atoms with Crippen molar-refractivity contribution in [2.45, 2.75) is 59.2 Å². The number of nitrogens with zero attached hydrogens (tertiary/aromatic N) is 1. The minimum absolute atomic E-state index is 0.909. The molecule has 1 saturated carbocycles. The van der Waals surface area contributed by atoms with Crippen LogP contribution < -0.4 is 0 Å². The Labute approximate surface area is 120 Å².